The second-order valence-electron chi connectivity index (χ2n) is 8.73. The van der Waals surface area contributed by atoms with Crippen molar-refractivity contribution in [3.05, 3.63) is 60.1 Å². The van der Waals surface area contributed by atoms with Crippen LogP contribution in [0.3, 0.4) is 0 Å². The quantitative estimate of drug-likeness (QED) is 0.598. The van der Waals surface area contributed by atoms with E-state index in [1.165, 1.54) is 12.8 Å². The van der Waals surface area contributed by atoms with E-state index in [0.717, 1.165) is 31.3 Å². The summed E-state index contributed by atoms with van der Waals surface area (Å²) in [5.41, 5.74) is 1.26. The molecule has 0 saturated carbocycles. The highest BCUT2D eigenvalue weighted by Crippen LogP contribution is 2.26. The Bertz CT molecular complexity index is 1210. The van der Waals surface area contributed by atoms with Gasteiger partial charge in [-0.2, -0.15) is 4.31 Å². The highest BCUT2D eigenvalue weighted by Gasteiger charge is 2.32. The zero-order chi connectivity index (χ0) is 22.8. The van der Waals surface area contributed by atoms with Crippen molar-refractivity contribution in [2.24, 2.45) is 0 Å². The van der Waals surface area contributed by atoms with Gasteiger partial charge >= 0.3 is 0 Å². The van der Waals surface area contributed by atoms with E-state index in [9.17, 15) is 13.2 Å². The molecule has 33 heavy (non-hydrogen) atoms. The van der Waals surface area contributed by atoms with Gasteiger partial charge in [0.25, 0.3) is 5.91 Å². The number of carbonyl (C=O) groups excluding carboxylic acids is 1. The van der Waals surface area contributed by atoms with Gasteiger partial charge in [0, 0.05) is 37.3 Å². The molecule has 174 valence electrons. The van der Waals surface area contributed by atoms with Crippen LogP contribution in [-0.2, 0) is 16.6 Å². The maximum absolute atomic E-state index is 13.2. The summed E-state index contributed by atoms with van der Waals surface area (Å²) in [5, 5.41) is 3.61. The predicted molar refractivity (Wildman–Crippen MR) is 124 cm³/mol. The number of aromatic nitrogens is 1. The summed E-state index contributed by atoms with van der Waals surface area (Å²) >= 11 is 0. The van der Waals surface area contributed by atoms with E-state index in [1.807, 2.05) is 6.07 Å². The Hall–Kier alpha value is -2.75. The van der Waals surface area contributed by atoms with E-state index in [1.54, 1.807) is 47.0 Å². The van der Waals surface area contributed by atoms with E-state index in [0.29, 0.717) is 30.3 Å². The standard InChI is InChI=1S/C24H28N4O4S/c29-24(22-15-19-6-9-25-17-23(19)32-22)26-16-18-4-3-5-21(14-18)33(30,31)28-12-7-20(8-13-28)27-10-1-2-11-27/h3-6,9,14-15,17,20H,1-2,7-8,10-13,16H2,(H,26,29). The average Bonchev–Trinajstić information content (AvgIpc) is 3.53. The molecule has 2 aliphatic heterocycles. The molecule has 2 aliphatic rings. The number of piperidine rings is 1. The van der Waals surface area contributed by atoms with E-state index in [-0.39, 0.29) is 23.1 Å². The fraction of sp³-hybridized carbons (Fsp3) is 0.417. The predicted octanol–water partition coefficient (Wildman–Crippen LogP) is 3.01. The van der Waals surface area contributed by atoms with Crippen molar-refractivity contribution in [1.29, 1.82) is 0 Å². The third-order valence-corrected chi connectivity index (χ3v) is 8.51. The van der Waals surface area contributed by atoms with Crippen molar-refractivity contribution in [2.45, 2.75) is 43.2 Å². The molecule has 2 saturated heterocycles. The van der Waals surface area contributed by atoms with Gasteiger partial charge in [0.1, 0.15) is 0 Å². The summed E-state index contributed by atoms with van der Waals surface area (Å²) in [5.74, 6) is -0.161. The van der Waals surface area contributed by atoms with Crippen molar-refractivity contribution in [2.75, 3.05) is 26.2 Å². The van der Waals surface area contributed by atoms with Crippen LogP contribution in [0.2, 0.25) is 0 Å². The fourth-order valence-corrected chi connectivity index (χ4v) is 6.33. The van der Waals surface area contributed by atoms with Gasteiger partial charge in [-0.15, -0.1) is 0 Å². The number of fused-ring (bicyclic) bond motifs is 1. The molecule has 0 radical (unpaired) electrons. The second-order valence-corrected chi connectivity index (χ2v) is 10.7. The van der Waals surface area contributed by atoms with Crippen molar-refractivity contribution >= 4 is 26.9 Å². The molecule has 8 nitrogen and oxygen atoms in total. The van der Waals surface area contributed by atoms with Crippen LogP contribution in [0.4, 0.5) is 0 Å². The number of furan rings is 1. The summed E-state index contributed by atoms with van der Waals surface area (Å²) in [6.45, 7) is 3.57. The molecular weight excluding hydrogens is 440 g/mol. The van der Waals surface area contributed by atoms with Crippen LogP contribution in [0.25, 0.3) is 11.0 Å². The maximum atomic E-state index is 13.2. The summed E-state index contributed by atoms with van der Waals surface area (Å²) in [7, 11) is -3.56. The van der Waals surface area contributed by atoms with Crippen molar-refractivity contribution in [1.82, 2.24) is 19.5 Å². The van der Waals surface area contributed by atoms with Crippen LogP contribution in [0, 0.1) is 0 Å². The van der Waals surface area contributed by atoms with Gasteiger partial charge in [-0.3, -0.25) is 9.78 Å². The maximum Gasteiger partial charge on any atom is 0.287 e. The average molecular weight is 469 g/mol. The van der Waals surface area contributed by atoms with E-state index < -0.39 is 10.0 Å². The zero-order valence-electron chi connectivity index (χ0n) is 18.4. The largest absolute Gasteiger partial charge is 0.449 e. The minimum absolute atomic E-state index is 0.197. The molecule has 9 heteroatoms. The Labute approximate surface area is 193 Å². The Kier molecular flexibility index (Phi) is 6.18. The van der Waals surface area contributed by atoms with Crippen LogP contribution in [0.5, 0.6) is 0 Å². The lowest BCUT2D eigenvalue weighted by Gasteiger charge is -2.36. The Morgan fingerprint density at radius 3 is 2.64 bits per heavy atom. The lowest BCUT2D eigenvalue weighted by atomic mass is 10.1. The molecule has 3 aromatic rings. The highest BCUT2D eigenvalue weighted by molar-refractivity contribution is 7.89. The fourth-order valence-electron chi connectivity index (χ4n) is 4.79. The first-order chi connectivity index (χ1) is 16.0. The van der Waals surface area contributed by atoms with Gasteiger partial charge in [-0.25, -0.2) is 8.42 Å². The second kappa shape index (κ2) is 9.24. The Morgan fingerprint density at radius 2 is 1.88 bits per heavy atom. The molecule has 5 rings (SSSR count). The van der Waals surface area contributed by atoms with Gasteiger partial charge in [0.15, 0.2) is 11.3 Å². The van der Waals surface area contributed by atoms with E-state index >= 15 is 0 Å². The number of nitrogens with one attached hydrogen (secondary N) is 1. The minimum Gasteiger partial charge on any atom is -0.449 e. The lowest BCUT2D eigenvalue weighted by Crippen LogP contribution is -2.45. The van der Waals surface area contributed by atoms with Crippen LogP contribution in [0.15, 0.2) is 58.1 Å². The summed E-state index contributed by atoms with van der Waals surface area (Å²) in [6.07, 6.45) is 7.45. The first-order valence-corrected chi connectivity index (χ1v) is 12.9. The van der Waals surface area contributed by atoms with Crippen molar-refractivity contribution < 1.29 is 17.6 Å². The molecule has 1 N–H and O–H groups in total. The zero-order valence-corrected chi connectivity index (χ0v) is 19.3. The molecule has 0 unspecified atom stereocenters. The lowest BCUT2D eigenvalue weighted by molar-refractivity contribution is 0.0925. The smallest absolute Gasteiger partial charge is 0.287 e. The van der Waals surface area contributed by atoms with Crippen LogP contribution >= 0.6 is 0 Å². The van der Waals surface area contributed by atoms with Gasteiger partial charge in [0.2, 0.25) is 10.0 Å². The monoisotopic (exact) mass is 468 g/mol. The Morgan fingerprint density at radius 1 is 1.09 bits per heavy atom. The summed E-state index contributed by atoms with van der Waals surface area (Å²) in [4.78, 5) is 19.3. The molecule has 0 aliphatic carbocycles. The Balaban J connectivity index is 1.22. The first-order valence-electron chi connectivity index (χ1n) is 11.5. The van der Waals surface area contributed by atoms with Crippen LogP contribution in [-0.4, -0.2) is 60.7 Å². The van der Waals surface area contributed by atoms with E-state index in [2.05, 4.69) is 15.2 Å². The number of sulfonamides is 1. The molecule has 2 aromatic heterocycles. The molecule has 1 aromatic carbocycles. The van der Waals surface area contributed by atoms with Crippen molar-refractivity contribution in [3.63, 3.8) is 0 Å². The minimum atomic E-state index is -3.56. The molecule has 4 heterocycles. The number of carbonyl (C=O) groups is 1. The molecule has 1 amide bonds. The number of amides is 1. The SMILES string of the molecule is O=C(NCc1cccc(S(=O)(=O)N2CCC(N3CCCC3)CC2)c1)c1cc2ccncc2o1. The number of nitrogens with zero attached hydrogens (tertiary/aromatic N) is 3. The third-order valence-electron chi connectivity index (χ3n) is 6.62. The molecular formula is C24H28N4O4S. The number of pyridine rings is 1. The third kappa shape index (κ3) is 4.66. The van der Waals surface area contributed by atoms with Gasteiger partial charge in [-0.1, -0.05) is 12.1 Å². The molecule has 2 fully saturated rings. The normalized spacial score (nSPS) is 18.7. The number of rotatable bonds is 6. The van der Waals surface area contributed by atoms with E-state index in [4.69, 9.17) is 4.42 Å². The molecule has 0 bridgehead atoms. The first kappa shape index (κ1) is 22.1. The molecule has 0 spiro atoms. The van der Waals surface area contributed by atoms with Gasteiger partial charge < -0.3 is 14.6 Å². The number of hydrogen-bond acceptors (Lipinski definition) is 6. The van der Waals surface area contributed by atoms with Gasteiger partial charge in [0.05, 0.1) is 11.1 Å². The summed E-state index contributed by atoms with van der Waals surface area (Å²) in [6, 6.07) is 10.7. The van der Waals surface area contributed by atoms with Crippen LogP contribution < -0.4 is 5.32 Å². The number of benzene rings is 1. The number of hydrogen-bond donors (Lipinski definition) is 1. The highest BCUT2D eigenvalue weighted by atomic mass is 32.2. The topological polar surface area (TPSA) is 95.8 Å². The van der Waals surface area contributed by atoms with Gasteiger partial charge in [-0.05, 0) is 68.6 Å². The summed E-state index contributed by atoms with van der Waals surface area (Å²) < 4.78 is 33.6. The molecule has 0 atom stereocenters. The van der Waals surface area contributed by atoms with Crippen molar-refractivity contribution in [3.8, 4) is 0 Å². The van der Waals surface area contributed by atoms with Crippen LogP contribution in [0.1, 0.15) is 41.8 Å². The number of likely N-dealkylation sites (tertiary alicyclic amines) is 1.